The molecule has 0 amide bonds. The first-order valence-corrected chi connectivity index (χ1v) is 7.62. The molecule has 1 heterocycles. The topological polar surface area (TPSA) is 66.8 Å². The van der Waals surface area contributed by atoms with Gasteiger partial charge in [-0.05, 0) is 30.6 Å². The molecule has 2 aliphatic carbocycles. The smallest absolute Gasteiger partial charge is 0.341 e. The van der Waals surface area contributed by atoms with Crippen LogP contribution in [0.15, 0.2) is 12.2 Å². The lowest BCUT2D eigenvalue weighted by molar-refractivity contribution is -0.231. The molecule has 2 N–H and O–H groups in total. The van der Waals surface area contributed by atoms with E-state index in [1.165, 1.54) is 0 Å². The van der Waals surface area contributed by atoms with Crippen LogP contribution in [0, 0.1) is 29.1 Å². The number of esters is 1. The summed E-state index contributed by atoms with van der Waals surface area (Å²) in [5, 5.41) is 20.5. The molecule has 1 aliphatic heterocycles. The first kappa shape index (κ1) is 14.1. The Bertz CT molecular complexity index is 446. The third-order valence-corrected chi connectivity index (χ3v) is 6.14. The van der Waals surface area contributed by atoms with E-state index in [0.29, 0.717) is 18.4 Å². The highest BCUT2D eigenvalue weighted by atomic mass is 16.6. The maximum Gasteiger partial charge on any atom is 0.341 e. The van der Waals surface area contributed by atoms with E-state index in [4.69, 9.17) is 4.74 Å². The Morgan fingerprint density at radius 3 is 2.85 bits per heavy atom. The van der Waals surface area contributed by atoms with Crippen LogP contribution in [0.25, 0.3) is 0 Å². The van der Waals surface area contributed by atoms with Gasteiger partial charge in [0.05, 0.1) is 13.2 Å². The second-order valence-electron chi connectivity index (χ2n) is 7.08. The van der Waals surface area contributed by atoms with Crippen molar-refractivity contribution in [2.45, 2.75) is 38.7 Å². The Morgan fingerprint density at radius 2 is 2.15 bits per heavy atom. The van der Waals surface area contributed by atoms with E-state index < -0.39 is 23.6 Å². The molecule has 0 aromatic rings. The van der Waals surface area contributed by atoms with E-state index in [2.05, 4.69) is 19.1 Å². The van der Waals surface area contributed by atoms with Crippen LogP contribution >= 0.6 is 0 Å². The van der Waals surface area contributed by atoms with E-state index in [-0.39, 0.29) is 11.8 Å². The van der Waals surface area contributed by atoms with Gasteiger partial charge >= 0.3 is 5.97 Å². The zero-order valence-corrected chi connectivity index (χ0v) is 12.2. The standard InChI is InChI=1S/C16H24O4/c1-10-3-6-13-11(7-10)4-5-12-8-20-14(18)16(19,9-17)15(12,13)2/h4-5,10-13,17,19H,3,6-9H2,1-2H3/t10-,11-,12+,13-,15-,16+/m0/s1. The number of hydrogen-bond donors (Lipinski definition) is 2. The summed E-state index contributed by atoms with van der Waals surface area (Å²) in [6, 6.07) is 0. The van der Waals surface area contributed by atoms with Crippen LogP contribution in [0.1, 0.15) is 33.1 Å². The van der Waals surface area contributed by atoms with Crippen molar-refractivity contribution in [2.75, 3.05) is 13.2 Å². The molecule has 1 saturated heterocycles. The Balaban J connectivity index is 2.05. The van der Waals surface area contributed by atoms with Crippen molar-refractivity contribution in [3.05, 3.63) is 12.2 Å². The van der Waals surface area contributed by atoms with E-state index >= 15 is 0 Å². The van der Waals surface area contributed by atoms with Gasteiger partial charge in [-0.15, -0.1) is 0 Å². The van der Waals surface area contributed by atoms with Gasteiger partial charge < -0.3 is 14.9 Å². The number of hydrogen-bond acceptors (Lipinski definition) is 4. The average molecular weight is 280 g/mol. The predicted octanol–water partition coefficient (Wildman–Crippen LogP) is 1.51. The van der Waals surface area contributed by atoms with Crippen molar-refractivity contribution in [1.82, 2.24) is 0 Å². The third kappa shape index (κ3) is 1.64. The summed E-state index contributed by atoms with van der Waals surface area (Å²) < 4.78 is 5.12. The van der Waals surface area contributed by atoms with Crippen molar-refractivity contribution in [1.29, 1.82) is 0 Å². The quantitative estimate of drug-likeness (QED) is 0.564. The molecule has 0 aromatic carbocycles. The Labute approximate surface area is 119 Å². The number of aliphatic hydroxyl groups is 2. The van der Waals surface area contributed by atoms with Crippen LogP contribution in [0.3, 0.4) is 0 Å². The number of ether oxygens (including phenoxy) is 1. The highest BCUT2D eigenvalue weighted by Gasteiger charge is 2.65. The summed E-state index contributed by atoms with van der Waals surface area (Å²) in [5.74, 6) is 0.639. The Hall–Kier alpha value is -0.870. The maximum atomic E-state index is 12.1. The van der Waals surface area contributed by atoms with E-state index in [0.717, 1.165) is 19.3 Å². The van der Waals surface area contributed by atoms with Gasteiger partial charge in [0.2, 0.25) is 0 Å². The van der Waals surface area contributed by atoms with Gasteiger partial charge in [-0.3, -0.25) is 0 Å². The zero-order chi connectivity index (χ0) is 14.5. The summed E-state index contributed by atoms with van der Waals surface area (Å²) in [5.41, 5.74) is -2.40. The van der Waals surface area contributed by atoms with E-state index in [1.54, 1.807) is 0 Å². The second-order valence-corrected chi connectivity index (χ2v) is 7.08. The van der Waals surface area contributed by atoms with Crippen molar-refractivity contribution in [2.24, 2.45) is 29.1 Å². The molecule has 4 nitrogen and oxygen atoms in total. The van der Waals surface area contributed by atoms with Crippen molar-refractivity contribution < 1.29 is 19.7 Å². The van der Waals surface area contributed by atoms with Crippen LogP contribution in [-0.2, 0) is 9.53 Å². The van der Waals surface area contributed by atoms with Crippen molar-refractivity contribution in [3.8, 4) is 0 Å². The number of cyclic esters (lactones) is 1. The molecular weight excluding hydrogens is 256 g/mol. The minimum atomic E-state index is -1.77. The molecular formula is C16H24O4. The molecule has 0 spiro atoms. The molecule has 112 valence electrons. The van der Waals surface area contributed by atoms with Gasteiger partial charge in [-0.2, -0.15) is 0 Å². The highest BCUT2D eigenvalue weighted by molar-refractivity contribution is 5.82. The maximum absolute atomic E-state index is 12.1. The highest BCUT2D eigenvalue weighted by Crippen LogP contribution is 2.58. The fourth-order valence-electron chi connectivity index (χ4n) is 4.72. The Kier molecular flexibility index (Phi) is 3.22. The molecule has 20 heavy (non-hydrogen) atoms. The number of fused-ring (bicyclic) bond motifs is 3. The van der Waals surface area contributed by atoms with Crippen LogP contribution in [-0.4, -0.2) is 35.0 Å². The summed E-state index contributed by atoms with van der Waals surface area (Å²) in [6.45, 7) is 3.97. The lowest BCUT2D eigenvalue weighted by Gasteiger charge is -2.58. The van der Waals surface area contributed by atoms with Gasteiger partial charge in [0, 0.05) is 11.3 Å². The van der Waals surface area contributed by atoms with Gasteiger partial charge in [0.25, 0.3) is 0 Å². The van der Waals surface area contributed by atoms with Crippen molar-refractivity contribution in [3.63, 3.8) is 0 Å². The van der Waals surface area contributed by atoms with E-state index in [1.807, 2.05) is 6.92 Å². The number of carbonyl (C=O) groups excluding carboxylic acids is 1. The summed E-state index contributed by atoms with van der Waals surface area (Å²) >= 11 is 0. The number of aliphatic hydroxyl groups excluding tert-OH is 1. The van der Waals surface area contributed by atoms with Crippen molar-refractivity contribution >= 4 is 5.97 Å². The third-order valence-electron chi connectivity index (χ3n) is 6.14. The summed E-state index contributed by atoms with van der Waals surface area (Å²) in [4.78, 5) is 12.1. The van der Waals surface area contributed by atoms with E-state index in [9.17, 15) is 15.0 Å². The van der Waals surface area contributed by atoms with Crippen LogP contribution in [0.5, 0.6) is 0 Å². The molecule has 3 rings (SSSR count). The normalized spacial score (nSPS) is 51.1. The van der Waals surface area contributed by atoms with Gasteiger partial charge in [0.1, 0.15) is 0 Å². The number of carbonyl (C=O) groups is 1. The zero-order valence-electron chi connectivity index (χ0n) is 12.2. The SMILES string of the molecule is C[C@H]1CC[C@H]2[C@@H](C=C[C@@H]3COC(=O)[C@](O)(CO)[C@@]32C)C1. The van der Waals surface area contributed by atoms with Gasteiger partial charge in [0.15, 0.2) is 5.60 Å². The summed E-state index contributed by atoms with van der Waals surface area (Å²) in [6.07, 6.45) is 7.54. The van der Waals surface area contributed by atoms with Crippen LogP contribution in [0.4, 0.5) is 0 Å². The largest absolute Gasteiger partial charge is 0.463 e. The Morgan fingerprint density at radius 1 is 1.40 bits per heavy atom. The average Bonchev–Trinajstić information content (AvgIpc) is 2.43. The van der Waals surface area contributed by atoms with Gasteiger partial charge in [-0.25, -0.2) is 4.79 Å². The molecule has 2 fully saturated rings. The first-order chi connectivity index (χ1) is 9.43. The fraction of sp³-hybridized carbons (Fsp3) is 0.812. The number of rotatable bonds is 1. The minimum absolute atomic E-state index is 0.00740. The molecule has 3 aliphatic rings. The molecule has 0 radical (unpaired) electrons. The van der Waals surface area contributed by atoms with Crippen LogP contribution < -0.4 is 0 Å². The fourth-order valence-corrected chi connectivity index (χ4v) is 4.72. The van der Waals surface area contributed by atoms with Gasteiger partial charge in [-0.1, -0.05) is 32.4 Å². The molecule has 1 saturated carbocycles. The lowest BCUT2D eigenvalue weighted by Crippen LogP contribution is -2.68. The summed E-state index contributed by atoms with van der Waals surface area (Å²) in [7, 11) is 0. The monoisotopic (exact) mass is 280 g/mol. The molecule has 4 heteroatoms. The van der Waals surface area contributed by atoms with Crippen LogP contribution in [0.2, 0.25) is 0 Å². The molecule has 0 aromatic heterocycles. The second kappa shape index (κ2) is 4.57. The lowest BCUT2D eigenvalue weighted by atomic mass is 9.49. The minimum Gasteiger partial charge on any atom is -0.463 e. The molecule has 0 bridgehead atoms. The predicted molar refractivity (Wildman–Crippen MR) is 73.7 cm³/mol. The first-order valence-electron chi connectivity index (χ1n) is 7.62. The molecule has 0 unspecified atom stereocenters. The number of allylic oxidation sites excluding steroid dienone is 1. The molecule has 6 atom stereocenters.